The Labute approximate surface area is 263 Å². The average Bonchev–Trinajstić information content (AvgIpc) is 3.01. The standard InChI is InChI=1S/C30H58O14/c1-2-3-4-5-6-30(33)44-28-27-43-26-25-42-24-23-41-22-21-40-20-19-39-18-17-38-16-15-37-14-13-36-12-11-35-10-9-34-8-7-29(31)32/h2-28H2,1H3,(H,31,32). The molecule has 0 aromatic heterocycles. The van der Waals surface area contributed by atoms with Gasteiger partial charge in [-0.25, -0.2) is 0 Å². The van der Waals surface area contributed by atoms with Gasteiger partial charge in [0.15, 0.2) is 0 Å². The van der Waals surface area contributed by atoms with Crippen molar-refractivity contribution in [1.29, 1.82) is 0 Å². The first kappa shape index (κ1) is 42.5. The second-order valence-corrected chi connectivity index (χ2v) is 9.30. The molecule has 0 aromatic rings. The smallest absolute Gasteiger partial charge is 0.305 e. The molecule has 0 atom stereocenters. The third-order valence-electron chi connectivity index (χ3n) is 5.53. The highest BCUT2D eigenvalue weighted by Gasteiger charge is 2.02. The summed E-state index contributed by atoms with van der Waals surface area (Å²) >= 11 is 0. The first-order chi connectivity index (χ1) is 21.7. The van der Waals surface area contributed by atoms with Crippen molar-refractivity contribution in [3.8, 4) is 0 Å². The summed E-state index contributed by atoms with van der Waals surface area (Å²) < 4.78 is 59.0. The second kappa shape index (κ2) is 37.7. The predicted molar refractivity (Wildman–Crippen MR) is 160 cm³/mol. The zero-order valence-electron chi connectivity index (χ0n) is 26.8. The highest BCUT2D eigenvalue weighted by molar-refractivity contribution is 5.69. The lowest BCUT2D eigenvalue weighted by molar-refractivity contribution is -0.145. The topological polar surface area (TPSA) is 156 Å². The van der Waals surface area contributed by atoms with Crippen molar-refractivity contribution in [2.75, 3.05) is 139 Å². The summed E-state index contributed by atoms with van der Waals surface area (Å²) in [6.45, 7) is 11.3. The highest BCUT2D eigenvalue weighted by Crippen LogP contribution is 2.03. The van der Waals surface area contributed by atoms with Crippen LogP contribution in [0.15, 0.2) is 0 Å². The zero-order chi connectivity index (χ0) is 32.0. The van der Waals surface area contributed by atoms with Crippen molar-refractivity contribution >= 4 is 11.9 Å². The SMILES string of the molecule is CCCCCCC(=O)OCCOCCOCCOCCOCCOCCOCCOCCOCCOCCOCCC(=O)O. The van der Waals surface area contributed by atoms with E-state index >= 15 is 0 Å². The third kappa shape index (κ3) is 38.6. The van der Waals surface area contributed by atoms with E-state index in [9.17, 15) is 9.59 Å². The second-order valence-electron chi connectivity index (χ2n) is 9.30. The number of ether oxygens (including phenoxy) is 11. The molecule has 262 valence electrons. The summed E-state index contributed by atoms with van der Waals surface area (Å²) in [6.07, 6.45) is 4.73. The number of unbranched alkanes of at least 4 members (excludes halogenated alkanes) is 3. The van der Waals surface area contributed by atoms with Gasteiger partial charge in [-0.15, -0.1) is 0 Å². The van der Waals surface area contributed by atoms with E-state index in [-0.39, 0.29) is 25.6 Å². The number of carboxylic acids is 1. The summed E-state index contributed by atoms with van der Waals surface area (Å²) in [5, 5.41) is 8.48. The molecule has 0 fully saturated rings. The van der Waals surface area contributed by atoms with Gasteiger partial charge >= 0.3 is 11.9 Å². The van der Waals surface area contributed by atoms with E-state index in [2.05, 4.69) is 6.92 Å². The maximum Gasteiger partial charge on any atom is 0.305 e. The van der Waals surface area contributed by atoms with Crippen molar-refractivity contribution < 1.29 is 66.8 Å². The molecule has 0 bridgehead atoms. The molecule has 0 aliphatic heterocycles. The normalized spacial score (nSPS) is 11.3. The fourth-order valence-electron chi connectivity index (χ4n) is 3.22. The number of esters is 1. The van der Waals surface area contributed by atoms with Gasteiger partial charge in [0, 0.05) is 6.42 Å². The van der Waals surface area contributed by atoms with Crippen LogP contribution in [0.3, 0.4) is 0 Å². The van der Waals surface area contributed by atoms with Crippen LogP contribution in [-0.2, 0) is 61.7 Å². The Morgan fingerprint density at radius 3 is 0.977 bits per heavy atom. The lowest BCUT2D eigenvalue weighted by Crippen LogP contribution is -2.15. The maximum atomic E-state index is 11.5. The first-order valence-electron chi connectivity index (χ1n) is 15.8. The number of carboxylic acid groups (broad SMARTS) is 1. The Balaban J connectivity index is 3.08. The minimum absolute atomic E-state index is 0.00395. The Morgan fingerprint density at radius 2 is 0.682 bits per heavy atom. The number of rotatable bonds is 38. The van der Waals surface area contributed by atoms with Crippen LogP contribution in [0.5, 0.6) is 0 Å². The molecule has 0 rings (SSSR count). The van der Waals surface area contributed by atoms with Gasteiger partial charge in [-0.2, -0.15) is 0 Å². The van der Waals surface area contributed by atoms with Crippen LogP contribution < -0.4 is 0 Å². The van der Waals surface area contributed by atoms with Crippen molar-refractivity contribution in [3.05, 3.63) is 0 Å². The van der Waals surface area contributed by atoms with Gasteiger partial charge in [-0.3, -0.25) is 9.59 Å². The number of carbonyl (C=O) groups is 2. The first-order valence-corrected chi connectivity index (χ1v) is 15.8. The van der Waals surface area contributed by atoms with Crippen LogP contribution in [0.25, 0.3) is 0 Å². The summed E-state index contributed by atoms with van der Waals surface area (Å²) in [6, 6.07) is 0. The number of hydrogen-bond donors (Lipinski definition) is 1. The Morgan fingerprint density at radius 1 is 0.386 bits per heavy atom. The zero-order valence-corrected chi connectivity index (χ0v) is 26.8. The summed E-state index contributed by atoms with van der Waals surface area (Å²) in [4.78, 5) is 21.9. The summed E-state index contributed by atoms with van der Waals surface area (Å²) in [5.41, 5.74) is 0. The van der Waals surface area contributed by atoms with Crippen LogP contribution in [-0.4, -0.2) is 156 Å². The average molecular weight is 643 g/mol. The molecule has 0 aromatic carbocycles. The van der Waals surface area contributed by atoms with Gasteiger partial charge < -0.3 is 57.2 Å². The lowest BCUT2D eigenvalue weighted by atomic mass is 10.2. The molecule has 44 heavy (non-hydrogen) atoms. The summed E-state index contributed by atoms with van der Waals surface area (Å²) in [5.74, 6) is -1.03. The molecule has 0 radical (unpaired) electrons. The van der Waals surface area contributed by atoms with Crippen LogP contribution >= 0.6 is 0 Å². The molecule has 0 saturated carbocycles. The molecule has 14 nitrogen and oxygen atoms in total. The monoisotopic (exact) mass is 642 g/mol. The Kier molecular flexibility index (Phi) is 36.5. The molecule has 0 saturated heterocycles. The minimum atomic E-state index is -0.876. The van der Waals surface area contributed by atoms with E-state index in [4.69, 9.17) is 57.2 Å². The van der Waals surface area contributed by atoms with Crippen molar-refractivity contribution in [2.24, 2.45) is 0 Å². The fourth-order valence-corrected chi connectivity index (χ4v) is 3.22. The van der Waals surface area contributed by atoms with E-state index in [1.165, 1.54) is 0 Å². The molecular formula is C30H58O14. The third-order valence-corrected chi connectivity index (χ3v) is 5.53. The maximum absolute atomic E-state index is 11.5. The molecule has 1 N–H and O–H groups in total. The fraction of sp³-hybridized carbons (Fsp3) is 0.933. The van der Waals surface area contributed by atoms with Crippen molar-refractivity contribution in [2.45, 2.75) is 45.4 Å². The van der Waals surface area contributed by atoms with Crippen molar-refractivity contribution in [1.82, 2.24) is 0 Å². The van der Waals surface area contributed by atoms with E-state index in [1.54, 1.807) is 0 Å². The molecular weight excluding hydrogens is 584 g/mol. The molecule has 0 amide bonds. The molecule has 0 unspecified atom stereocenters. The van der Waals surface area contributed by atoms with Crippen LogP contribution in [0.4, 0.5) is 0 Å². The number of hydrogen-bond acceptors (Lipinski definition) is 13. The van der Waals surface area contributed by atoms with Crippen molar-refractivity contribution in [3.63, 3.8) is 0 Å². The van der Waals surface area contributed by atoms with Crippen LogP contribution in [0.2, 0.25) is 0 Å². The van der Waals surface area contributed by atoms with Gasteiger partial charge in [0.05, 0.1) is 139 Å². The van der Waals surface area contributed by atoms with E-state index < -0.39 is 5.97 Å². The molecule has 0 aliphatic carbocycles. The van der Waals surface area contributed by atoms with Gasteiger partial charge in [-0.05, 0) is 6.42 Å². The lowest BCUT2D eigenvalue weighted by Gasteiger charge is -2.09. The minimum Gasteiger partial charge on any atom is -0.481 e. The number of carbonyl (C=O) groups excluding carboxylic acids is 1. The summed E-state index contributed by atoms with van der Waals surface area (Å²) in [7, 11) is 0. The highest BCUT2D eigenvalue weighted by atomic mass is 16.6. The quantitative estimate of drug-likeness (QED) is 0.0772. The largest absolute Gasteiger partial charge is 0.481 e. The van der Waals surface area contributed by atoms with E-state index in [0.717, 1.165) is 25.7 Å². The van der Waals surface area contributed by atoms with Crippen LogP contribution in [0.1, 0.15) is 45.4 Å². The number of aliphatic carboxylic acids is 1. The molecule has 0 aliphatic rings. The van der Waals surface area contributed by atoms with E-state index in [0.29, 0.717) is 132 Å². The van der Waals surface area contributed by atoms with Gasteiger partial charge in [0.1, 0.15) is 6.61 Å². The van der Waals surface area contributed by atoms with Crippen LogP contribution in [0, 0.1) is 0 Å². The van der Waals surface area contributed by atoms with Gasteiger partial charge in [-0.1, -0.05) is 26.2 Å². The van der Waals surface area contributed by atoms with Gasteiger partial charge in [0.2, 0.25) is 0 Å². The predicted octanol–water partition coefficient (Wildman–Crippen LogP) is 2.14. The van der Waals surface area contributed by atoms with E-state index in [1.807, 2.05) is 0 Å². The molecule has 0 heterocycles. The molecule has 0 spiro atoms. The Bertz CT molecular complexity index is 596. The van der Waals surface area contributed by atoms with Gasteiger partial charge in [0.25, 0.3) is 0 Å². The Hall–Kier alpha value is -1.46. The molecule has 14 heteroatoms.